The Hall–Kier alpha value is -3.35. The molecule has 3 rings (SSSR count). The van der Waals surface area contributed by atoms with E-state index in [2.05, 4.69) is 22.4 Å². The molecule has 0 saturated heterocycles. The van der Waals surface area contributed by atoms with Gasteiger partial charge in [0.1, 0.15) is 24.2 Å². The molecule has 0 aliphatic rings. The molecule has 1 amide bonds. The molecule has 7 nitrogen and oxygen atoms in total. The summed E-state index contributed by atoms with van der Waals surface area (Å²) in [5.74, 6) is 0.902. The number of methoxy groups -OCH3 is 1. The van der Waals surface area contributed by atoms with Crippen molar-refractivity contribution in [1.29, 1.82) is 0 Å². The lowest BCUT2D eigenvalue weighted by Gasteiger charge is -2.14. The minimum absolute atomic E-state index is 0.126. The van der Waals surface area contributed by atoms with Gasteiger partial charge in [0.05, 0.1) is 18.5 Å². The van der Waals surface area contributed by atoms with Gasteiger partial charge in [-0.25, -0.2) is 0 Å². The van der Waals surface area contributed by atoms with Crippen LogP contribution in [0.3, 0.4) is 0 Å². The van der Waals surface area contributed by atoms with Gasteiger partial charge in [0, 0.05) is 0 Å². The first-order valence-corrected chi connectivity index (χ1v) is 8.25. The molecule has 0 aliphatic carbocycles. The molecule has 0 aliphatic heterocycles. The van der Waals surface area contributed by atoms with Gasteiger partial charge >= 0.3 is 0 Å². The van der Waals surface area contributed by atoms with Gasteiger partial charge in [0.15, 0.2) is 6.61 Å². The number of aryl methyl sites for hydroxylation is 1. The maximum Gasteiger partial charge on any atom is 0.262 e. The summed E-state index contributed by atoms with van der Waals surface area (Å²) in [7, 11) is 1.56. The third-order valence-corrected chi connectivity index (χ3v) is 3.87. The second-order valence-electron chi connectivity index (χ2n) is 5.56. The molecule has 134 valence electrons. The molecule has 1 N–H and O–H groups in total. The normalized spacial score (nSPS) is 10.4. The van der Waals surface area contributed by atoms with Crippen molar-refractivity contribution in [2.75, 3.05) is 19.0 Å². The second-order valence-corrected chi connectivity index (χ2v) is 5.56. The molecule has 26 heavy (non-hydrogen) atoms. The van der Waals surface area contributed by atoms with Gasteiger partial charge in [-0.3, -0.25) is 9.36 Å². The Labute approximate surface area is 151 Å². The Bertz CT molecular complexity index is 878. The van der Waals surface area contributed by atoms with Crippen molar-refractivity contribution in [3.05, 3.63) is 60.7 Å². The first kappa shape index (κ1) is 17.5. The van der Waals surface area contributed by atoms with E-state index in [-0.39, 0.29) is 12.5 Å². The molecule has 0 saturated carbocycles. The SMILES string of the molecule is CCc1ccc(OCC(=O)Nc2ccccc2OC)c(-n2cnnc2)c1. The van der Waals surface area contributed by atoms with E-state index in [1.54, 1.807) is 36.5 Å². The van der Waals surface area contributed by atoms with Gasteiger partial charge < -0.3 is 14.8 Å². The standard InChI is InChI=1S/C19H20N4O3/c1-3-14-8-9-18(16(10-14)23-12-20-21-13-23)26-11-19(24)22-15-6-4-5-7-17(15)25-2/h4-10,12-13H,3,11H2,1-2H3,(H,22,24). The summed E-state index contributed by atoms with van der Waals surface area (Å²) in [4.78, 5) is 12.3. The monoisotopic (exact) mass is 352 g/mol. The summed E-state index contributed by atoms with van der Waals surface area (Å²) in [6.45, 7) is 1.95. The number of hydrogen-bond acceptors (Lipinski definition) is 5. The van der Waals surface area contributed by atoms with Crippen LogP contribution in [0.5, 0.6) is 11.5 Å². The number of rotatable bonds is 7. The van der Waals surface area contributed by atoms with Crippen molar-refractivity contribution in [2.45, 2.75) is 13.3 Å². The maximum absolute atomic E-state index is 12.3. The lowest BCUT2D eigenvalue weighted by molar-refractivity contribution is -0.118. The van der Waals surface area contributed by atoms with Crippen LogP contribution in [0.2, 0.25) is 0 Å². The molecule has 0 unspecified atom stereocenters. The van der Waals surface area contributed by atoms with Gasteiger partial charge in [0.2, 0.25) is 0 Å². The van der Waals surface area contributed by atoms with Crippen molar-refractivity contribution < 1.29 is 14.3 Å². The van der Waals surface area contributed by atoms with E-state index in [9.17, 15) is 4.79 Å². The molecule has 2 aromatic carbocycles. The Morgan fingerprint density at radius 2 is 1.88 bits per heavy atom. The van der Waals surface area contributed by atoms with Crippen LogP contribution in [0.4, 0.5) is 5.69 Å². The van der Waals surface area contributed by atoms with Gasteiger partial charge in [0.25, 0.3) is 5.91 Å². The highest BCUT2D eigenvalue weighted by Crippen LogP contribution is 2.25. The number of para-hydroxylation sites is 2. The number of benzene rings is 2. The third kappa shape index (κ3) is 4.00. The fourth-order valence-electron chi connectivity index (χ4n) is 2.51. The topological polar surface area (TPSA) is 78.3 Å². The quantitative estimate of drug-likeness (QED) is 0.707. The molecule has 1 aromatic heterocycles. The molecule has 1 heterocycles. The first-order chi connectivity index (χ1) is 12.7. The highest BCUT2D eigenvalue weighted by molar-refractivity contribution is 5.93. The van der Waals surface area contributed by atoms with E-state index in [1.807, 2.05) is 30.3 Å². The van der Waals surface area contributed by atoms with E-state index in [0.29, 0.717) is 17.2 Å². The lowest BCUT2D eigenvalue weighted by Crippen LogP contribution is -2.21. The van der Waals surface area contributed by atoms with Crippen LogP contribution in [-0.4, -0.2) is 34.4 Å². The molecular formula is C19H20N4O3. The minimum atomic E-state index is -0.274. The highest BCUT2D eigenvalue weighted by atomic mass is 16.5. The van der Waals surface area contributed by atoms with Crippen LogP contribution in [0, 0.1) is 0 Å². The zero-order chi connectivity index (χ0) is 18.4. The van der Waals surface area contributed by atoms with E-state index < -0.39 is 0 Å². The molecule has 0 bridgehead atoms. The summed E-state index contributed by atoms with van der Waals surface area (Å²) in [6.07, 6.45) is 4.08. The first-order valence-electron chi connectivity index (χ1n) is 8.25. The highest BCUT2D eigenvalue weighted by Gasteiger charge is 2.11. The van der Waals surface area contributed by atoms with Gasteiger partial charge in [-0.15, -0.1) is 10.2 Å². The Morgan fingerprint density at radius 1 is 1.12 bits per heavy atom. The summed E-state index contributed by atoms with van der Waals surface area (Å²) in [5, 5.41) is 10.4. The van der Waals surface area contributed by atoms with Crippen LogP contribution >= 0.6 is 0 Å². The van der Waals surface area contributed by atoms with E-state index in [1.165, 1.54) is 0 Å². The van der Waals surface area contributed by atoms with Crippen molar-refractivity contribution in [3.63, 3.8) is 0 Å². The number of nitrogens with zero attached hydrogens (tertiary/aromatic N) is 3. The van der Waals surface area contributed by atoms with Gasteiger partial charge in [-0.05, 0) is 36.2 Å². The maximum atomic E-state index is 12.3. The van der Waals surface area contributed by atoms with E-state index in [4.69, 9.17) is 9.47 Å². The number of carbonyl (C=O) groups excluding carboxylic acids is 1. The molecular weight excluding hydrogens is 332 g/mol. The third-order valence-electron chi connectivity index (χ3n) is 3.87. The molecule has 0 fully saturated rings. The fraction of sp³-hybridized carbons (Fsp3) is 0.211. The van der Waals surface area contributed by atoms with Gasteiger partial charge in [-0.1, -0.05) is 25.1 Å². The van der Waals surface area contributed by atoms with E-state index >= 15 is 0 Å². The number of amides is 1. The summed E-state index contributed by atoms with van der Waals surface area (Å²) in [5.41, 5.74) is 2.54. The number of ether oxygens (including phenoxy) is 2. The zero-order valence-corrected chi connectivity index (χ0v) is 14.7. The summed E-state index contributed by atoms with van der Waals surface area (Å²) < 4.78 is 12.7. The predicted molar refractivity (Wildman–Crippen MR) is 97.9 cm³/mol. The molecule has 3 aromatic rings. The second kappa shape index (κ2) is 8.15. The fourth-order valence-corrected chi connectivity index (χ4v) is 2.51. The van der Waals surface area contributed by atoms with Crippen LogP contribution in [0.1, 0.15) is 12.5 Å². The lowest BCUT2D eigenvalue weighted by atomic mass is 10.1. The Morgan fingerprint density at radius 3 is 2.62 bits per heavy atom. The molecule has 0 atom stereocenters. The van der Waals surface area contributed by atoms with E-state index in [0.717, 1.165) is 17.7 Å². The minimum Gasteiger partial charge on any atom is -0.495 e. The van der Waals surface area contributed by atoms with Crippen molar-refractivity contribution >= 4 is 11.6 Å². The molecule has 0 spiro atoms. The summed E-state index contributed by atoms with van der Waals surface area (Å²) in [6, 6.07) is 13.0. The van der Waals surface area contributed by atoms with Crippen LogP contribution in [0.25, 0.3) is 5.69 Å². The van der Waals surface area contributed by atoms with Crippen LogP contribution in [-0.2, 0) is 11.2 Å². The number of aromatic nitrogens is 3. The largest absolute Gasteiger partial charge is 0.495 e. The number of hydrogen-bond donors (Lipinski definition) is 1. The van der Waals surface area contributed by atoms with Crippen LogP contribution < -0.4 is 14.8 Å². The van der Waals surface area contributed by atoms with Crippen molar-refractivity contribution in [2.24, 2.45) is 0 Å². The smallest absolute Gasteiger partial charge is 0.262 e. The Kier molecular flexibility index (Phi) is 5.48. The number of nitrogens with one attached hydrogen (secondary N) is 1. The average Bonchev–Trinajstić information content (AvgIpc) is 3.21. The summed E-state index contributed by atoms with van der Waals surface area (Å²) >= 11 is 0. The van der Waals surface area contributed by atoms with Gasteiger partial charge in [-0.2, -0.15) is 0 Å². The Balaban J connectivity index is 1.72. The zero-order valence-electron chi connectivity index (χ0n) is 14.7. The number of anilines is 1. The molecule has 0 radical (unpaired) electrons. The van der Waals surface area contributed by atoms with Crippen LogP contribution in [0.15, 0.2) is 55.1 Å². The number of carbonyl (C=O) groups is 1. The van der Waals surface area contributed by atoms with Crippen molar-refractivity contribution in [1.82, 2.24) is 14.8 Å². The molecule has 7 heteroatoms. The predicted octanol–water partition coefficient (Wildman–Crippen LogP) is 2.86. The average molecular weight is 352 g/mol. The van der Waals surface area contributed by atoms with Crippen molar-refractivity contribution in [3.8, 4) is 17.2 Å².